The lowest BCUT2D eigenvalue weighted by atomic mass is 10.2. The number of benzene rings is 1. The number of carbonyl (C=O) groups is 1. The zero-order valence-corrected chi connectivity index (χ0v) is 15.4. The number of ether oxygens (including phenoxy) is 1. The average molecular weight is 375 g/mol. The molecule has 0 spiro atoms. The second-order valence-electron chi connectivity index (χ2n) is 5.87. The number of nitrogens with zero attached hydrogens (tertiary/aromatic N) is 1. The monoisotopic (exact) mass is 375 g/mol. The number of anilines is 1. The molecule has 6 nitrogen and oxygen atoms in total. The minimum atomic E-state index is -0.551. The molecule has 26 heavy (non-hydrogen) atoms. The van der Waals surface area contributed by atoms with Gasteiger partial charge in [0.25, 0.3) is 5.56 Å². The van der Waals surface area contributed by atoms with Crippen LogP contribution in [0.2, 0.25) is 0 Å². The molecule has 0 aliphatic rings. The van der Waals surface area contributed by atoms with Crippen molar-refractivity contribution >= 4 is 33.1 Å². The smallest absolute Gasteiger partial charge is 0.259 e. The summed E-state index contributed by atoms with van der Waals surface area (Å²) in [6.07, 6.45) is 0.400. The summed E-state index contributed by atoms with van der Waals surface area (Å²) >= 11 is 1.46. The summed E-state index contributed by atoms with van der Waals surface area (Å²) in [6, 6.07) is 4.20. The molecule has 0 fully saturated rings. The highest BCUT2D eigenvalue weighted by molar-refractivity contribution is 7.18. The zero-order valence-electron chi connectivity index (χ0n) is 14.6. The molecular weight excluding hydrogens is 357 g/mol. The van der Waals surface area contributed by atoms with E-state index in [-0.39, 0.29) is 30.1 Å². The Hall–Kier alpha value is -2.74. The summed E-state index contributed by atoms with van der Waals surface area (Å²) in [5.74, 6) is -0.277. The van der Waals surface area contributed by atoms with E-state index in [2.05, 4.69) is 15.3 Å². The molecule has 3 rings (SSSR count). The van der Waals surface area contributed by atoms with Crippen molar-refractivity contribution in [1.82, 2.24) is 9.97 Å². The lowest BCUT2D eigenvalue weighted by Crippen LogP contribution is -2.16. The van der Waals surface area contributed by atoms with Gasteiger partial charge in [0.1, 0.15) is 10.7 Å². The summed E-state index contributed by atoms with van der Waals surface area (Å²) in [7, 11) is 1.37. The van der Waals surface area contributed by atoms with Crippen LogP contribution < -0.4 is 15.6 Å². The lowest BCUT2D eigenvalue weighted by Gasteiger charge is -2.07. The fourth-order valence-electron chi connectivity index (χ4n) is 2.62. The number of methoxy groups -OCH3 is 1. The van der Waals surface area contributed by atoms with E-state index in [1.807, 2.05) is 13.8 Å². The van der Waals surface area contributed by atoms with Crippen molar-refractivity contribution in [1.29, 1.82) is 0 Å². The van der Waals surface area contributed by atoms with Gasteiger partial charge in [-0.2, -0.15) is 0 Å². The number of aromatic amines is 1. The lowest BCUT2D eigenvalue weighted by molar-refractivity contribution is -0.116. The maximum atomic E-state index is 13.7. The highest BCUT2D eigenvalue weighted by Crippen LogP contribution is 2.26. The summed E-state index contributed by atoms with van der Waals surface area (Å²) < 4.78 is 18.5. The number of H-pyrrole nitrogens is 1. The molecular formula is C18H18FN3O3S. The van der Waals surface area contributed by atoms with E-state index in [0.717, 1.165) is 10.4 Å². The van der Waals surface area contributed by atoms with E-state index in [9.17, 15) is 14.0 Å². The van der Waals surface area contributed by atoms with Crippen LogP contribution >= 0.6 is 11.3 Å². The first-order valence-corrected chi connectivity index (χ1v) is 8.83. The van der Waals surface area contributed by atoms with E-state index in [1.165, 1.54) is 30.6 Å². The molecule has 0 saturated heterocycles. The predicted molar refractivity (Wildman–Crippen MR) is 99.6 cm³/mol. The number of hydrogen-bond acceptors (Lipinski definition) is 5. The van der Waals surface area contributed by atoms with E-state index < -0.39 is 5.82 Å². The van der Waals surface area contributed by atoms with Crippen LogP contribution in [0.4, 0.5) is 10.1 Å². The molecule has 0 aliphatic carbocycles. The van der Waals surface area contributed by atoms with E-state index in [1.54, 1.807) is 6.07 Å². The van der Waals surface area contributed by atoms with Crippen LogP contribution in [0.1, 0.15) is 22.7 Å². The summed E-state index contributed by atoms with van der Waals surface area (Å²) in [5, 5.41) is 3.22. The van der Waals surface area contributed by atoms with Gasteiger partial charge in [-0.3, -0.25) is 9.59 Å². The van der Waals surface area contributed by atoms with Crippen molar-refractivity contribution in [2.45, 2.75) is 26.7 Å². The molecule has 2 heterocycles. The van der Waals surface area contributed by atoms with Crippen LogP contribution in [-0.4, -0.2) is 23.0 Å². The molecule has 1 amide bonds. The number of carbonyl (C=O) groups excluding carboxylic acids is 1. The van der Waals surface area contributed by atoms with Gasteiger partial charge < -0.3 is 15.0 Å². The predicted octanol–water partition coefficient (Wildman–Crippen LogP) is 3.32. The Morgan fingerprint density at radius 1 is 1.38 bits per heavy atom. The second-order valence-corrected chi connectivity index (χ2v) is 7.08. The topological polar surface area (TPSA) is 84.1 Å². The molecule has 136 valence electrons. The van der Waals surface area contributed by atoms with Gasteiger partial charge in [-0.05, 0) is 31.5 Å². The van der Waals surface area contributed by atoms with Crippen molar-refractivity contribution in [2.24, 2.45) is 0 Å². The van der Waals surface area contributed by atoms with Crippen LogP contribution in [0.25, 0.3) is 10.2 Å². The van der Waals surface area contributed by atoms with Gasteiger partial charge in [-0.15, -0.1) is 11.3 Å². The van der Waals surface area contributed by atoms with Gasteiger partial charge in [0, 0.05) is 29.5 Å². The standard InChI is InChI=1S/C18H18FN3O3S/c1-9-10(2)26-18-16(9)17(24)21-14(22-18)6-7-15(23)20-11-4-5-13(25-3)12(19)8-11/h4-5,8H,6-7H2,1-3H3,(H,20,23)(H,21,22,24). The zero-order chi connectivity index (χ0) is 18.8. The summed E-state index contributed by atoms with van der Waals surface area (Å²) in [5.41, 5.74) is 1.09. The first-order chi connectivity index (χ1) is 12.4. The Balaban J connectivity index is 1.69. The number of nitrogens with one attached hydrogen (secondary N) is 2. The van der Waals surface area contributed by atoms with Crippen LogP contribution in [0.15, 0.2) is 23.0 Å². The van der Waals surface area contributed by atoms with Crippen molar-refractivity contribution in [3.05, 3.63) is 50.6 Å². The molecule has 2 aromatic heterocycles. The first-order valence-electron chi connectivity index (χ1n) is 8.01. The molecule has 1 aromatic carbocycles. The highest BCUT2D eigenvalue weighted by Gasteiger charge is 2.13. The number of rotatable bonds is 5. The van der Waals surface area contributed by atoms with E-state index >= 15 is 0 Å². The molecule has 8 heteroatoms. The third kappa shape index (κ3) is 3.60. The van der Waals surface area contributed by atoms with E-state index in [4.69, 9.17) is 4.74 Å². The minimum Gasteiger partial charge on any atom is -0.494 e. The van der Waals surface area contributed by atoms with Gasteiger partial charge in [0.15, 0.2) is 11.6 Å². The average Bonchev–Trinajstić information content (AvgIpc) is 2.88. The number of thiophene rings is 1. The van der Waals surface area contributed by atoms with Crippen LogP contribution in [0.3, 0.4) is 0 Å². The quantitative estimate of drug-likeness (QED) is 0.716. The molecule has 2 N–H and O–H groups in total. The molecule has 0 aliphatic heterocycles. The minimum absolute atomic E-state index is 0.111. The number of aromatic nitrogens is 2. The third-order valence-electron chi connectivity index (χ3n) is 4.11. The van der Waals surface area contributed by atoms with E-state index in [0.29, 0.717) is 21.7 Å². The largest absolute Gasteiger partial charge is 0.494 e. The van der Waals surface area contributed by atoms with Gasteiger partial charge in [0.05, 0.1) is 12.5 Å². The Morgan fingerprint density at radius 3 is 2.85 bits per heavy atom. The van der Waals surface area contributed by atoms with Crippen LogP contribution in [0.5, 0.6) is 5.75 Å². The van der Waals surface area contributed by atoms with Gasteiger partial charge in [0.2, 0.25) is 5.91 Å². The maximum absolute atomic E-state index is 13.7. The first kappa shape index (κ1) is 18.1. The van der Waals surface area contributed by atoms with Crippen molar-refractivity contribution < 1.29 is 13.9 Å². The molecule has 0 bridgehead atoms. The third-order valence-corrected chi connectivity index (χ3v) is 5.21. The van der Waals surface area contributed by atoms with Crippen molar-refractivity contribution in [2.75, 3.05) is 12.4 Å². The summed E-state index contributed by atoms with van der Waals surface area (Å²) in [4.78, 5) is 33.2. The second kappa shape index (κ2) is 7.25. The van der Waals surface area contributed by atoms with Crippen molar-refractivity contribution in [3.8, 4) is 5.75 Å². The molecule has 0 unspecified atom stereocenters. The maximum Gasteiger partial charge on any atom is 0.259 e. The fourth-order valence-corrected chi connectivity index (χ4v) is 3.67. The number of aryl methyl sites for hydroxylation is 3. The number of fused-ring (bicyclic) bond motifs is 1. The van der Waals surface area contributed by atoms with Crippen LogP contribution in [0, 0.1) is 19.7 Å². The van der Waals surface area contributed by atoms with Crippen molar-refractivity contribution in [3.63, 3.8) is 0 Å². The Kier molecular flexibility index (Phi) is 5.03. The highest BCUT2D eigenvalue weighted by atomic mass is 32.1. The number of halogens is 1. The van der Waals surface area contributed by atoms with Gasteiger partial charge >= 0.3 is 0 Å². The van der Waals surface area contributed by atoms with Gasteiger partial charge in [-0.25, -0.2) is 9.37 Å². The van der Waals surface area contributed by atoms with Crippen LogP contribution in [-0.2, 0) is 11.2 Å². The summed E-state index contributed by atoms with van der Waals surface area (Å²) in [6.45, 7) is 3.84. The molecule has 0 atom stereocenters. The fraction of sp³-hybridized carbons (Fsp3) is 0.278. The normalized spacial score (nSPS) is 10.9. The Labute approximate surface area is 153 Å². The van der Waals surface area contributed by atoms with Gasteiger partial charge in [-0.1, -0.05) is 0 Å². The Morgan fingerprint density at radius 2 is 2.15 bits per heavy atom. The molecule has 3 aromatic rings. The molecule has 0 saturated carbocycles. The molecule has 0 radical (unpaired) electrons. The Bertz CT molecular complexity index is 1040. The number of amides is 1. The SMILES string of the molecule is COc1ccc(NC(=O)CCc2nc3sc(C)c(C)c3c(=O)[nH]2)cc1F. The number of hydrogen-bond donors (Lipinski definition) is 2.